The first kappa shape index (κ1) is 23.3. The van der Waals surface area contributed by atoms with Gasteiger partial charge in [0.05, 0.1) is 26.2 Å². The number of carbonyl (C=O) groups excluding carboxylic acids is 1. The molecular weight excluding hydrogens is 353 g/mol. The summed E-state index contributed by atoms with van der Waals surface area (Å²) in [6.07, 6.45) is 4.49. The molecule has 0 saturated carbocycles. The lowest BCUT2D eigenvalue weighted by molar-refractivity contribution is -0.269. The third-order valence-electron chi connectivity index (χ3n) is 4.28. The van der Waals surface area contributed by atoms with Crippen molar-refractivity contribution in [3.63, 3.8) is 0 Å². The van der Waals surface area contributed by atoms with E-state index in [1.165, 1.54) is 26.0 Å². The van der Waals surface area contributed by atoms with Crippen molar-refractivity contribution in [1.82, 2.24) is 5.32 Å². The standard InChI is InChI=1S/C17H24FNO3.C3H8O2/c1-21-17(20)11-14-4-5-15(12-16(14)18)22-10-2-3-13-6-8-19-9-7-13;1-3(2)5-4/h4-5,12-13,19H,2-3,6-11H2,1H3;3-4H,1-2H3. The summed E-state index contributed by atoms with van der Waals surface area (Å²) >= 11 is 0. The molecule has 0 radical (unpaired) electrons. The molecule has 2 N–H and O–H groups in total. The maximum Gasteiger partial charge on any atom is 0.310 e. The van der Waals surface area contributed by atoms with Gasteiger partial charge in [0.15, 0.2) is 0 Å². The minimum absolute atomic E-state index is 0.0572. The van der Waals surface area contributed by atoms with Gasteiger partial charge in [-0.05, 0) is 70.2 Å². The number of hydrogen-bond donors (Lipinski definition) is 2. The normalized spacial score (nSPS) is 14.4. The highest BCUT2D eigenvalue weighted by molar-refractivity contribution is 5.72. The molecule has 2 rings (SSSR count). The number of halogens is 1. The third kappa shape index (κ3) is 10.3. The number of carbonyl (C=O) groups is 1. The molecule has 1 aliphatic heterocycles. The van der Waals surface area contributed by atoms with Gasteiger partial charge in [-0.3, -0.25) is 10.1 Å². The molecule has 0 bridgehead atoms. The van der Waals surface area contributed by atoms with Gasteiger partial charge < -0.3 is 14.8 Å². The highest BCUT2D eigenvalue weighted by atomic mass is 19.1. The summed E-state index contributed by atoms with van der Waals surface area (Å²) in [6, 6.07) is 4.61. The quantitative estimate of drug-likeness (QED) is 0.308. The fourth-order valence-corrected chi connectivity index (χ4v) is 2.72. The molecule has 154 valence electrons. The van der Waals surface area contributed by atoms with Crippen molar-refractivity contribution in [2.24, 2.45) is 5.92 Å². The molecule has 1 aromatic carbocycles. The van der Waals surface area contributed by atoms with Crippen LogP contribution in [0.1, 0.15) is 45.1 Å². The predicted molar refractivity (Wildman–Crippen MR) is 101 cm³/mol. The van der Waals surface area contributed by atoms with E-state index >= 15 is 0 Å². The Labute approximate surface area is 160 Å². The topological polar surface area (TPSA) is 77.0 Å². The van der Waals surface area contributed by atoms with Crippen LogP contribution in [0.5, 0.6) is 5.75 Å². The summed E-state index contributed by atoms with van der Waals surface area (Å²) < 4.78 is 24.0. The highest BCUT2D eigenvalue weighted by Crippen LogP contribution is 2.20. The van der Waals surface area contributed by atoms with Crippen molar-refractivity contribution in [2.45, 2.75) is 52.1 Å². The van der Waals surface area contributed by atoms with Crippen LogP contribution >= 0.6 is 0 Å². The van der Waals surface area contributed by atoms with Gasteiger partial charge in [0, 0.05) is 6.07 Å². The molecule has 27 heavy (non-hydrogen) atoms. The van der Waals surface area contributed by atoms with Crippen molar-refractivity contribution in [3.05, 3.63) is 29.6 Å². The number of nitrogens with one attached hydrogen (secondary N) is 1. The van der Waals surface area contributed by atoms with Crippen molar-refractivity contribution in [2.75, 3.05) is 26.8 Å². The van der Waals surface area contributed by atoms with E-state index in [0.717, 1.165) is 31.8 Å². The molecule has 1 heterocycles. The first-order valence-corrected chi connectivity index (χ1v) is 9.45. The fourth-order valence-electron chi connectivity index (χ4n) is 2.72. The van der Waals surface area contributed by atoms with Crippen LogP contribution in [-0.2, 0) is 20.8 Å². The summed E-state index contributed by atoms with van der Waals surface area (Å²) in [6.45, 7) is 6.32. The number of piperidine rings is 1. The molecule has 6 nitrogen and oxygen atoms in total. The number of benzene rings is 1. The Kier molecular flexibility index (Phi) is 11.6. The van der Waals surface area contributed by atoms with Gasteiger partial charge in [-0.2, -0.15) is 0 Å². The van der Waals surface area contributed by atoms with Crippen molar-refractivity contribution >= 4 is 5.97 Å². The lowest BCUT2D eigenvalue weighted by Crippen LogP contribution is -2.27. The molecule has 0 aliphatic carbocycles. The van der Waals surface area contributed by atoms with E-state index in [-0.39, 0.29) is 12.5 Å². The summed E-state index contributed by atoms with van der Waals surface area (Å²) in [5.74, 6) is 0.413. The zero-order chi connectivity index (χ0) is 20.1. The van der Waals surface area contributed by atoms with E-state index in [2.05, 4.69) is 14.9 Å². The van der Waals surface area contributed by atoms with Crippen LogP contribution in [0.2, 0.25) is 0 Å². The molecular formula is C20H32FNO5. The van der Waals surface area contributed by atoms with Crippen LogP contribution < -0.4 is 10.1 Å². The molecule has 0 unspecified atom stereocenters. The highest BCUT2D eigenvalue weighted by Gasteiger charge is 2.13. The number of ether oxygens (including phenoxy) is 2. The Balaban J connectivity index is 0.000000646. The Bertz CT molecular complexity index is 547. The lowest BCUT2D eigenvalue weighted by Gasteiger charge is -2.22. The summed E-state index contributed by atoms with van der Waals surface area (Å²) in [5, 5.41) is 11.0. The smallest absolute Gasteiger partial charge is 0.310 e. The molecule has 7 heteroatoms. The van der Waals surface area contributed by atoms with Gasteiger partial charge >= 0.3 is 5.97 Å². The molecule has 0 atom stereocenters. The Morgan fingerprint density at radius 1 is 1.33 bits per heavy atom. The molecule has 0 amide bonds. The van der Waals surface area contributed by atoms with E-state index < -0.39 is 11.8 Å². The number of hydrogen-bond acceptors (Lipinski definition) is 6. The number of methoxy groups -OCH3 is 1. The lowest BCUT2D eigenvalue weighted by atomic mass is 9.93. The zero-order valence-electron chi connectivity index (χ0n) is 16.5. The van der Waals surface area contributed by atoms with E-state index in [0.29, 0.717) is 17.9 Å². The first-order chi connectivity index (χ1) is 13.0. The second-order valence-electron chi connectivity index (χ2n) is 6.84. The van der Waals surface area contributed by atoms with E-state index in [9.17, 15) is 9.18 Å². The maximum atomic E-state index is 13.9. The predicted octanol–water partition coefficient (Wildman–Crippen LogP) is 3.58. The van der Waals surface area contributed by atoms with Gasteiger partial charge in [-0.1, -0.05) is 6.07 Å². The second-order valence-corrected chi connectivity index (χ2v) is 6.84. The number of esters is 1. The Hall–Kier alpha value is -1.70. The van der Waals surface area contributed by atoms with Gasteiger partial charge in [-0.15, -0.1) is 0 Å². The molecule has 0 spiro atoms. The zero-order valence-corrected chi connectivity index (χ0v) is 16.5. The SMILES string of the molecule is CC(C)OO.COC(=O)Cc1ccc(OCCCC2CCNCC2)cc1F. The summed E-state index contributed by atoms with van der Waals surface area (Å²) in [7, 11) is 1.29. The van der Waals surface area contributed by atoms with Gasteiger partial charge in [0.1, 0.15) is 11.6 Å². The first-order valence-electron chi connectivity index (χ1n) is 9.45. The molecule has 1 saturated heterocycles. The average molecular weight is 385 g/mol. The summed E-state index contributed by atoms with van der Waals surface area (Å²) in [5.41, 5.74) is 0.328. The van der Waals surface area contributed by atoms with E-state index in [1.807, 2.05) is 0 Å². The van der Waals surface area contributed by atoms with Crippen LogP contribution in [0, 0.1) is 11.7 Å². The summed E-state index contributed by atoms with van der Waals surface area (Å²) in [4.78, 5) is 14.9. The molecule has 1 aliphatic rings. The number of rotatable bonds is 8. The van der Waals surface area contributed by atoms with Crippen LogP contribution in [0.4, 0.5) is 4.39 Å². The van der Waals surface area contributed by atoms with E-state index in [1.54, 1.807) is 26.0 Å². The molecule has 0 aromatic heterocycles. The van der Waals surface area contributed by atoms with Gasteiger partial charge in [0.25, 0.3) is 0 Å². The average Bonchev–Trinajstić information content (AvgIpc) is 2.68. The van der Waals surface area contributed by atoms with Gasteiger partial charge in [0.2, 0.25) is 0 Å². The fraction of sp³-hybridized carbons (Fsp3) is 0.650. The van der Waals surface area contributed by atoms with Crippen LogP contribution in [0.15, 0.2) is 18.2 Å². The van der Waals surface area contributed by atoms with Crippen LogP contribution in [0.25, 0.3) is 0 Å². The monoisotopic (exact) mass is 385 g/mol. The Morgan fingerprint density at radius 3 is 2.56 bits per heavy atom. The van der Waals surface area contributed by atoms with E-state index in [4.69, 9.17) is 9.99 Å². The van der Waals surface area contributed by atoms with Crippen LogP contribution in [-0.4, -0.2) is 44.1 Å². The largest absolute Gasteiger partial charge is 0.493 e. The minimum atomic E-state index is -0.449. The minimum Gasteiger partial charge on any atom is -0.493 e. The third-order valence-corrected chi connectivity index (χ3v) is 4.28. The van der Waals surface area contributed by atoms with Crippen molar-refractivity contribution in [3.8, 4) is 5.75 Å². The second kappa shape index (κ2) is 13.5. The molecule has 1 fully saturated rings. The van der Waals surface area contributed by atoms with Crippen molar-refractivity contribution in [1.29, 1.82) is 0 Å². The van der Waals surface area contributed by atoms with Crippen molar-refractivity contribution < 1.29 is 28.8 Å². The van der Waals surface area contributed by atoms with Crippen LogP contribution in [0.3, 0.4) is 0 Å². The molecule has 1 aromatic rings. The Morgan fingerprint density at radius 2 is 2.00 bits per heavy atom. The van der Waals surface area contributed by atoms with Gasteiger partial charge in [-0.25, -0.2) is 9.28 Å². The maximum absolute atomic E-state index is 13.9.